The van der Waals surface area contributed by atoms with E-state index in [1.54, 1.807) is 42.0 Å². The fourth-order valence-electron chi connectivity index (χ4n) is 4.85. The second kappa shape index (κ2) is 13.1. The lowest BCUT2D eigenvalue weighted by Gasteiger charge is -2.22. The fraction of sp³-hybridized carbons (Fsp3) is 0.156. The molecule has 1 atom stereocenters. The van der Waals surface area contributed by atoms with Gasteiger partial charge in [-0.05, 0) is 83.9 Å². The highest BCUT2D eigenvalue weighted by Gasteiger charge is 2.33. The zero-order valence-electron chi connectivity index (χ0n) is 23.9. The molecular formula is C32H26F2N6O4S. The molecule has 3 aromatic carbocycles. The number of methoxy groups -OCH3 is 1. The quantitative estimate of drug-likeness (QED) is 0.202. The van der Waals surface area contributed by atoms with Crippen molar-refractivity contribution in [3.8, 4) is 11.4 Å². The SMILES string of the molecule is COc1ccc(C2=NN(C(=O)CSc3nnc(CNC(=O)c4ccco4)n3-c3ccc(F)cc3)C(c3ccc(F)cc3)C2)cc1. The third-order valence-electron chi connectivity index (χ3n) is 7.11. The normalized spacial score (nSPS) is 14.3. The van der Waals surface area contributed by atoms with E-state index in [0.717, 1.165) is 22.9 Å². The molecule has 3 heterocycles. The Morgan fingerprint density at radius 1 is 0.978 bits per heavy atom. The zero-order chi connectivity index (χ0) is 31.3. The lowest BCUT2D eigenvalue weighted by Crippen LogP contribution is -2.28. The van der Waals surface area contributed by atoms with Crippen molar-refractivity contribution in [1.82, 2.24) is 25.1 Å². The minimum Gasteiger partial charge on any atom is -0.497 e. The summed E-state index contributed by atoms with van der Waals surface area (Å²) < 4.78 is 39.5. The van der Waals surface area contributed by atoms with Crippen LogP contribution in [0.4, 0.5) is 8.78 Å². The highest BCUT2D eigenvalue weighted by Crippen LogP contribution is 2.34. The van der Waals surface area contributed by atoms with E-state index in [1.165, 1.54) is 41.6 Å². The smallest absolute Gasteiger partial charge is 0.287 e. The number of nitrogens with one attached hydrogen (secondary N) is 1. The van der Waals surface area contributed by atoms with Crippen LogP contribution in [0.5, 0.6) is 5.75 Å². The van der Waals surface area contributed by atoms with Crippen LogP contribution in [-0.2, 0) is 11.3 Å². The van der Waals surface area contributed by atoms with Gasteiger partial charge in [0, 0.05) is 12.1 Å². The van der Waals surface area contributed by atoms with E-state index < -0.39 is 17.8 Å². The molecule has 45 heavy (non-hydrogen) atoms. The summed E-state index contributed by atoms with van der Waals surface area (Å²) in [4.78, 5) is 26.2. The molecule has 1 N–H and O–H groups in total. The number of nitrogens with zero attached hydrogens (tertiary/aromatic N) is 5. The molecule has 1 unspecified atom stereocenters. The summed E-state index contributed by atoms with van der Waals surface area (Å²) in [6, 6.07) is 21.8. The number of aromatic nitrogens is 3. The maximum Gasteiger partial charge on any atom is 0.287 e. The average Bonchev–Trinajstić information content (AvgIpc) is 3.84. The Hall–Kier alpha value is -5.30. The van der Waals surface area contributed by atoms with Gasteiger partial charge in [-0.3, -0.25) is 14.2 Å². The number of hydrazone groups is 1. The first kappa shape index (κ1) is 29.8. The third kappa shape index (κ3) is 6.63. The Balaban J connectivity index is 1.24. The maximum atomic E-state index is 13.8. The highest BCUT2D eigenvalue weighted by molar-refractivity contribution is 7.99. The van der Waals surface area contributed by atoms with Gasteiger partial charge in [0.15, 0.2) is 16.7 Å². The second-order valence-electron chi connectivity index (χ2n) is 9.94. The van der Waals surface area contributed by atoms with E-state index in [1.807, 2.05) is 24.3 Å². The average molecular weight is 629 g/mol. The van der Waals surface area contributed by atoms with Crippen molar-refractivity contribution in [2.75, 3.05) is 12.9 Å². The van der Waals surface area contributed by atoms with Crippen molar-refractivity contribution in [2.24, 2.45) is 5.10 Å². The van der Waals surface area contributed by atoms with Crippen molar-refractivity contribution in [3.05, 3.63) is 126 Å². The van der Waals surface area contributed by atoms with Crippen LogP contribution in [0.2, 0.25) is 0 Å². The van der Waals surface area contributed by atoms with Gasteiger partial charge in [0.2, 0.25) is 0 Å². The molecule has 6 rings (SSSR count). The molecule has 10 nitrogen and oxygen atoms in total. The van der Waals surface area contributed by atoms with Gasteiger partial charge in [0.05, 0.1) is 37.4 Å². The van der Waals surface area contributed by atoms with Crippen molar-refractivity contribution < 1.29 is 27.5 Å². The predicted molar refractivity (Wildman–Crippen MR) is 162 cm³/mol. The summed E-state index contributed by atoms with van der Waals surface area (Å²) in [5.41, 5.74) is 2.83. The monoisotopic (exact) mass is 628 g/mol. The lowest BCUT2D eigenvalue weighted by atomic mass is 9.98. The number of carbonyl (C=O) groups is 2. The van der Waals surface area contributed by atoms with Crippen LogP contribution in [0.25, 0.3) is 5.69 Å². The highest BCUT2D eigenvalue weighted by atomic mass is 32.2. The number of ether oxygens (including phenoxy) is 1. The molecule has 0 radical (unpaired) electrons. The summed E-state index contributed by atoms with van der Waals surface area (Å²) in [5, 5.41) is 17.7. The molecule has 2 amide bonds. The molecule has 228 valence electrons. The minimum absolute atomic E-state index is 0.00725. The fourth-order valence-corrected chi connectivity index (χ4v) is 5.67. The Kier molecular flexibility index (Phi) is 8.69. The van der Waals surface area contributed by atoms with Gasteiger partial charge in [-0.15, -0.1) is 10.2 Å². The summed E-state index contributed by atoms with van der Waals surface area (Å²) in [6.07, 6.45) is 1.83. The molecule has 2 aromatic heterocycles. The van der Waals surface area contributed by atoms with Crippen LogP contribution < -0.4 is 10.1 Å². The number of hydrogen-bond acceptors (Lipinski definition) is 8. The number of halogens is 2. The standard InChI is InChI=1S/C32H26F2N6O4S/c1-43-25-14-6-20(7-15-25)26-17-27(21-4-8-22(33)9-5-21)40(38-26)30(41)19-45-32-37-36-29(18-35-31(42)28-3-2-16-44-28)39(32)24-12-10-23(34)11-13-24/h2-16,27H,17-19H2,1H3,(H,35,42). The van der Waals surface area contributed by atoms with Gasteiger partial charge >= 0.3 is 0 Å². The first-order chi connectivity index (χ1) is 21.9. The van der Waals surface area contributed by atoms with E-state index in [0.29, 0.717) is 34.6 Å². The molecule has 0 fully saturated rings. The molecule has 0 bridgehead atoms. The molecule has 0 spiro atoms. The Labute approximate surface area is 260 Å². The van der Waals surface area contributed by atoms with Gasteiger partial charge < -0.3 is 14.5 Å². The molecule has 1 aliphatic heterocycles. The van der Waals surface area contributed by atoms with Gasteiger partial charge in [0.25, 0.3) is 11.8 Å². The molecule has 0 saturated carbocycles. The van der Waals surface area contributed by atoms with Crippen molar-refractivity contribution in [1.29, 1.82) is 0 Å². The lowest BCUT2D eigenvalue weighted by molar-refractivity contribution is -0.130. The topological polar surface area (TPSA) is 115 Å². The van der Waals surface area contributed by atoms with Crippen LogP contribution >= 0.6 is 11.8 Å². The first-order valence-corrected chi connectivity index (χ1v) is 14.8. The Morgan fingerprint density at radius 3 is 2.36 bits per heavy atom. The number of amides is 2. The van der Waals surface area contributed by atoms with Gasteiger partial charge in [0.1, 0.15) is 17.4 Å². The zero-order valence-corrected chi connectivity index (χ0v) is 24.7. The Bertz CT molecular complexity index is 1830. The van der Waals surface area contributed by atoms with Crippen LogP contribution in [0.15, 0.2) is 106 Å². The van der Waals surface area contributed by atoms with Crippen LogP contribution in [0, 0.1) is 11.6 Å². The van der Waals surface area contributed by atoms with Gasteiger partial charge in [-0.25, -0.2) is 13.8 Å². The number of thioether (sulfide) groups is 1. The molecule has 0 saturated heterocycles. The molecule has 0 aliphatic carbocycles. The molecule has 13 heteroatoms. The summed E-state index contributed by atoms with van der Waals surface area (Å²) in [6.45, 7) is -0.00725. The summed E-state index contributed by atoms with van der Waals surface area (Å²) in [7, 11) is 1.58. The summed E-state index contributed by atoms with van der Waals surface area (Å²) >= 11 is 1.12. The van der Waals surface area contributed by atoms with E-state index in [4.69, 9.17) is 9.15 Å². The second-order valence-corrected chi connectivity index (χ2v) is 10.9. The predicted octanol–water partition coefficient (Wildman–Crippen LogP) is 5.55. The molecule has 1 aliphatic rings. The summed E-state index contributed by atoms with van der Waals surface area (Å²) in [5.74, 6) is -0.408. The van der Waals surface area contributed by atoms with E-state index in [9.17, 15) is 18.4 Å². The minimum atomic E-state index is -0.446. The van der Waals surface area contributed by atoms with Crippen LogP contribution in [-0.4, -0.2) is 50.2 Å². The number of rotatable bonds is 10. The van der Waals surface area contributed by atoms with E-state index >= 15 is 0 Å². The number of benzene rings is 3. The maximum absolute atomic E-state index is 13.8. The molecular weight excluding hydrogens is 602 g/mol. The number of carbonyl (C=O) groups excluding carboxylic acids is 2. The Morgan fingerprint density at radius 2 is 1.69 bits per heavy atom. The van der Waals surface area contributed by atoms with E-state index in [2.05, 4.69) is 20.6 Å². The van der Waals surface area contributed by atoms with Gasteiger partial charge in [-0.1, -0.05) is 23.9 Å². The third-order valence-corrected chi connectivity index (χ3v) is 8.02. The first-order valence-electron chi connectivity index (χ1n) is 13.8. The van der Waals surface area contributed by atoms with Crippen LogP contribution in [0.1, 0.15) is 40.0 Å². The number of hydrogen-bond donors (Lipinski definition) is 1. The van der Waals surface area contributed by atoms with Gasteiger partial charge in [-0.2, -0.15) is 5.10 Å². The van der Waals surface area contributed by atoms with Crippen molar-refractivity contribution in [3.63, 3.8) is 0 Å². The van der Waals surface area contributed by atoms with Crippen LogP contribution in [0.3, 0.4) is 0 Å². The molecule has 5 aromatic rings. The number of furan rings is 1. The van der Waals surface area contributed by atoms with Crippen molar-refractivity contribution in [2.45, 2.75) is 24.2 Å². The largest absolute Gasteiger partial charge is 0.497 e. The van der Waals surface area contributed by atoms with Crippen molar-refractivity contribution >= 4 is 29.3 Å². The van der Waals surface area contributed by atoms with E-state index in [-0.39, 0.29) is 29.8 Å².